The molecule has 2 aliphatic heterocycles. The van der Waals surface area contributed by atoms with Crippen LogP contribution in [0.25, 0.3) is 0 Å². The minimum absolute atomic E-state index is 0.00508. The summed E-state index contributed by atoms with van der Waals surface area (Å²) in [5.74, 6) is 0.121. The summed E-state index contributed by atoms with van der Waals surface area (Å²) >= 11 is 0. The van der Waals surface area contributed by atoms with Crippen LogP contribution in [0.2, 0.25) is 0 Å². The Morgan fingerprint density at radius 1 is 1.43 bits per heavy atom. The molecule has 114 valence electrons. The maximum absolute atomic E-state index is 12.3. The van der Waals surface area contributed by atoms with Gasteiger partial charge < -0.3 is 14.5 Å². The number of carbonyl (C=O) groups excluding carboxylic acids is 2. The highest BCUT2D eigenvalue weighted by molar-refractivity contribution is 5.95. The van der Waals surface area contributed by atoms with Crippen LogP contribution in [0.15, 0.2) is 12.4 Å². The maximum atomic E-state index is 12.3. The van der Waals surface area contributed by atoms with E-state index in [0.29, 0.717) is 13.0 Å². The van der Waals surface area contributed by atoms with E-state index in [1.54, 1.807) is 10.9 Å². The smallest absolute Gasteiger partial charge is 0.248 e. The zero-order valence-electron chi connectivity index (χ0n) is 12.4. The highest BCUT2D eigenvalue weighted by Crippen LogP contribution is 2.34. The molecule has 7 heteroatoms. The van der Waals surface area contributed by atoms with Crippen LogP contribution < -0.4 is 4.90 Å². The van der Waals surface area contributed by atoms with E-state index in [-0.39, 0.29) is 30.5 Å². The fourth-order valence-corrected chi connectivity index (χ4v) is 3.45. The predicted octanol–water partition coefficient (Wildman–Crippen LogP) is 0.163. The molecule has 0 aliphatic carbocycles. The second-order valence-electron chi connectivity index (χ2n) is 5.62. The lowest BCUT2D eigenvalue weighted by Crippen LogP contribution is -2.53. The number of hydrogen-bond donors (Lipinski definition) is 0. The SMILES string of the molecule is COCC(=O)N1CC[C@@H]2[C@H]1CCC(=O)N2c1cnn(C)c1. The van der Waals surface area contributed by atoms with Gasteiger partial charge in [0.1, 0.15) is 6.61 Å². The molecule has 0 saturated carbocycles. The van der Waals surface area contributed by atoms with Crippen molar-refractivity contribution >= 4 is 17.5 Å². The van der Waals surface area contributed by atoms with Gasteiger partial charge in [0.25, 0.3) is 0 Å². The van der Waals surface area contributed by atoms with Gasteiger partial charge in [0.15, 0.2) is 0 Å². The van der Waals surface area contributed by atoms with Crippen molar-refractivity contribution in [1.82, 2.24) is 14.7 Å². The Hall–Kier alpha value is -1.89. The number of fused-ring (bicyclic) bond motifs is 1. The molecule has 3 heterocycles. The largest absolute Gasteiger partial charge is 0.375 e. The third-order valence-corrected chi connectivity index (χ3v) is 4.32. The van der Waals surface area contributed by atoms with E-state index in [0.717, 1.165) is 18.5 Å². The number of ether oxygens (including phenoxy) is 1. The van der Waals surface area contributed by atoms with Gasteiger partial charge >= 0.3 is 0 Å². The van der Waals surface area contributed by atoms with Crippen molar-refractivity contribution in [3.63, 3.8) is 0 Å². The maximum Gasteiger partial charge on any atom is 0.248 e. The highest BCUT2D eigenvalue weighted by atomic mass is 16.5. The Bertz CT molecular complexity index is 556. The highest BCUT2D eigenvalue weighted by Gasteiger charge is 2.45. The Kier molecular flexibility index (Phi) is 3.67. The van der Waals surface area contributed by atoms with Crippen molar-refractivity contribution in [2.45, 2.75) is 31.3 Å². The van der Waals surface area contributed by atoms with Crippen LogP contribution >= 0.6 is 0 Å². The van der Waals surface area contributed by atoms with Gasteiger partial charge in [-0.15, -0.1) is 0 Å². The van der Waals surface area contributed by atoms with Gasteiger partial charge in [0, 0.05) is 33.3 Å². The summed E-state index contributed by atoms with van der Waals surface area (Å²) < 4.78 is 6.64. The molecule has 0 bridgehead atoms. The second kappa shape index (κ2) is 5.48. The number of aromatic nitrogens is 2. The van der Waals surface area contributed by atoms with Gasteiger partial charge in [-0.1, -0.05) is 0 Å². The number of rotatable bonds is 3. The molecule has 1 aromatic rings. The number of piperidine rings is 1. The number of hydrogen-bond acceptors (Lipinski definition) is 4. The van der Waals surface area contributed by atoms with Crippen molar-refractivity contribution in [3.05, 3.63) is 12.4 Å². The van der Waals surface area contributed by atoms with Gasteiger partial charge in [0.2, 0.25) is 11.8 Å². The molecule has 2 saturated heterocycles. The van der Waals surface area contributed by atoms with E-state index in [2.05, 4.69) is 5.10 Å². The fourth-order valence-electron chi connectivity index (χ4n) is 3.45. The first-order valence-corrected chi connectivity index (χ1v) is 7.21. The van der Waals surface area contributed by atoms with E-state index in [1.807, 2.05) is 23.0 Å². The molecule has 1 aromatic heterocycles. The van der Waals surface area contributed by atoms with Gasteiger partial charge in [0.05, 0.1) is 24.0 Å². The van der Waals surface area contributed by atoms with E-state index in [4.69, 9.17) is 4.74 Å². The average molecular weight is 292 g/mol. The molecule has 2 aliphatic rings. The minimum Gasteiger partial charge on any atom is -0.375 e. The molecule has 2 amide bonds. The number of methoxy groups -OCH3 is 1. The van der Waals surface area contributed by atoms with E-state index in [1.165, 1.54) is 7.11 Å². The molecule has 0 spiro atoms. The average Bonchev–Trinajstić information content (AvgIpc) is 3.05. The van der Waals surface area contributed by atoms with E-state index >= 15 is 0 Å². The van der Waals surface area contributed by atoms with Crippen molar-refractivity contribution in [1.29, 1.82) is 0 Å². The first-order chi connectivity index (χ1) is 10.1. The number of aryl methyl sites for hydroxylation is 1. The summed E-state index contributed by atoms with van der Waals surface area (Å²) in [6.45, 7) is 0.783. The van der Waals surface area contributed by atoms with E-state index in [9.17, 15) is 9.59 Å². The van der Waals surface area contributed by atoms with Gasteiger partial charge in [-0.3, -0.25) is 14.3 Å². The van der Waals surface area contributed by atoms with Crippen LogP contribution in [0.4, 0.5) is 5.69 Å². The van der Waals surface area contributed by atoms with E-state index < -0.39 is 0 Å². The van der Waals surface area contributed by atoms with Crippen LogP contribution in [0.3, 0.4) is 0 Å². The molecule has 0 unspecified atom stereocenters. The molecule has 0 radical (unpaired) electrons. The van der Waals surface area contributed by atoms with Crippen LogP contribution in [-0.4, -0.2) is 58.8 Å². The van der Waals surface area contributed by atoms with Crippen molar-refractivity contribution in [2.24, 2.45) is 7.05 Å². The quantitative estimate of drug-likeness (QED) is 0.796. The molecule has 2 atom stereocenters. The first-order valence-electron chi connectivity index (χ1n) is 7.21. The topological polar surface area (TPSA) is 67.7 Å². The minimum atomic E-state index is 0.00508. The number of anilines is 1. The summed E-state index contributed by atoms with van der Waals surface area (Å²) in [4.78, 5) is 28.1. The monoisotopic (exact) mass is 292 g/mol. The zero-order chi connectivity index (χ0) is 15.0. The third kappa shape index (κ3) is 2.42. The normalized spacial score (nSPS) is 25.3. The second-order valence-corrected chi connectivity index (χ2v) is 5.62. The lowest BCUT2D eigenvalue weighted by molar-refractivity contribution is -0.137. The van der Waals surface area contributed by atoms with Crippen LogP contribution in [0.1, 0.15) is 19.3 Å². The first kappa shape index (κ1) is 14.1. The summed E-state index contributed by atoms with van der Waals surface area (Å²) in [6.07, 6.45) is 5.56. The van der Waals surface area contributed by atoms with Crippen LogP contribution in [0.5, 0.6) is 0 Å². The molecule has 2 fully saturated rings. The standard InChI is InChI=1S/C14H20N4O3/c1-16-8-10(7-15-16)18-12-5-6-17(14(20)9-21-2)11(12)3-4-13(18)19/h7-8,11-12H,3-6,9H2,1-2H3/t11-,12-/m1/s1. The number of nitrogens with zero attached hydrogens (tertiary/aromatic N) is 4. The molecular weight excluding hydrogens is 272 g/mol. The fraction of sp³-hybridized carbons (Fsp3) is 0.643. The van der Waals surface area contributed by atoms with Crippen LogP contribution in [-0.2, 0) is 21.4 Å². The van der Waals surface area contributed by atoms with Gasteiger partial charge in [-0.25, -0.2) is 0 Å². The zero-order valence-corrected chi connectivity index (χ0v) is 12.4. The summed E-state index contributed by atoms with van der Waals surface area (Å²) in [5, 5.41) is 4.15. The van der Waals surface area contributed by atoms with Gasteiger partial charge in [-0.05, 0) is 12.8 Å². The molecular formula is C14H20N4O3. The van der Waals surface area contributed by atoms with Crippen molar-refractivity contribution < 1.29 is 14.3 Å². The Balaban J connectivity index is 1.83. The number of likely N-dealkylation sites (tertiary alicyclic amines) is 1. The lowest BCUT2D eigenvalue weighted by atomic mass is 9.96. The summed E-state index contributed by atoms with van der Waals surface area (Å²) in [7, 11) is 3.36. The Morgan fingerprint density at radius 3 is 2.90 bits per heavy atom. The van der Waals surface area contributed by atoms with Crippen molar-refractivity contribution in [3.8, 4) is 0 Å². The lowest BCUT2D eigenvalue weighted by Gasteiger charge is -2.39. The third-order valence-electron chi connectivity index (χ3n) is 4.32. The molecule has 0 N–H and O–H groups in total. The van der Waals surface area contributed by atoms with Crippen LogP contribution in [0, 0.1) is 0 Å². The summed E-state index contributed by atoms with van der Waals surface area (Å²) in [6, 6.07) is 0.141. The Labute approximate surface area is 123 Å². The van der Waals surface area contributed by atoms with Gasteiger partial charge in [-0.2, -0.15) is 5.10 Å². The molecule has 21 heavy (non-hydrogen) atoms. The van der Waals surface area contributed by atoms with Crippen molar-refractivity contribution in [2.75, 3.05) is 25.2 Å². The number of amides is 2. The number of carbonyl (C=O) groups is 2. The molecule has 0 aromatic carbocycles. The predicted molar refractivity (Wildman–Crippen MR) is 75.7 cm³/mol. The molecule has 3 rings (SSSR count). The summed E-state index contributed by atoms with van der Waals surface area (Å²) in [5.41, 5.74) is 0.818. The molecule has 7 nitrogen and oxygen atoms in total. The Morgan fingerprint density at radius 2 is 2.24 bits per heavy atom.